The average molecular weight is 214 g/mol. The van der Waals surface area contributed by atoms with Crippen LogP contribution in [0.5, 0.6) is 0 Å². The summed E-state index contributed by atoms with van der Waals surface area (Å²) in [5.74, 6) is 0. The van der Waals surface area contributed by atoms with Gasteiger partial charge in [0.05, 0.1) is 12.2 Å². The lowest BCUT2D eigenvalue weighted by atomic mass is 10.2. The first kappa shape index (κ1) is 12.3. The Labute approximate surface area is 89.8 Å². The molecule has 86 valence electrons. The van der Waals surface area contributed by atoms with Crippen LogP contribution in [-0.2, 0) is 9.47 Å². The van der Waals surface area contributed by atoms with Gasteiger partial charge in [-0.25, -0.2) is 0 Å². The third-order valence-corrected chi connectivity index (χ3v) is 2.55. The van der Waals surface area contributed by atoms with Crippen molar-refractivity contribution in [3.63, 3.8) is 0 Å². The Morgan fingerprint density at radius 1 is 1.47 bits per heavy atom. The molecule has 6 nitrogen and oxygen atoms in total. The molecule has 0 saturated carbocycles. The second-order valence-corrected chi connectivity index (χ2v) is 3.48. The maximum absolute atomic E-state index is 8.16. The number of nitrogens with zero attached hydrogens (tertiary/aromatic N) is 4. The van der Waals surface area contributed by atoms with E-state index in [2.05, 4.69) is 14.9 Å². The summed E-state index contributed by atoms with van der Waals surface area (Å²) in [5, 5.41) is 3.51. The molecule has 1 rings (SSSR count). The second kappa shape index (κ2) is 6.63. The van der Waals surface area contributed by atoms with E-state index in [0.29, 0.717) is 13.2 Å². The largest absolute Gasteiger partial charge is 0.377 e. The quantitative estimate of drug-likeness (QED) is 0.376. The minimum absolute atomic E-state index is 0.135. The van der Waals surface area contributed by atoms with Crippen molar-refractivity contribution in [1.29, 1.82) is 0 Å². The zero-order chi connectivity index (χ0) is 11.1. The van der Waals surface area contributed by atoms with Gasteiger partial charge in [-0.1, -0.05) is 5.11 Å². The van der Waals surface area contributed by atoms with Gasteiger partial charge in [0.2, 0.25) is 0 Å². The monoisotopic (exact) mass is 214 g/mol. The van der Waals surface area contributed by atoms with Gasteiger partial charge in [-0.2, -0.15) is 0 Å². The molecule has 0 radical (unpaired) electrons. The Hall–Kier alpha value is -0.810. The summed E-state index contributed by atoms with van der Waals surface area (Å²) in [6.07, 6.45) is 0.280. The van der Waals surface area contributed by atoms with Crippen LogP contribution in [0.4, 0.5) is 0 Å². The number of likely N-dealkylation sites (tertiary alicyclic amines) is 1. The van der Waals surface area contributed by atoms with E-state index in [1.165, 1.54) is 0 Å². The Morgan fingerprint density at radius 2 is 2.20 bits per heavy atom. The number of methoxy groups -OCH3 is 1. The van der Waals surface area contributed by atoms with E-state index in [4.69, 9.17) is 15.0 Å². The molecule has 1 aliphatic heterocycles. The zero-order valence-corrected chi connectivity index (χ0v) is 9.30. The molecule has 0 N–H and O–H groups in total. The Kier molecular flexibility index (Phi) is 5.42. The lowest BCUT2D eigenvalue weighted by Crippen LogP contribution is -2.28. The van der Waals surface area contributed by atoms with Crippen LogP contribution >= 0.6 is 0 Å². The van der Waals surface area contributed by atoms with E-state index >= 15 is 0 Å². The molecule has 15 heavy (non-hydrogen) atoms. The standard InChI is InChI=1S/C9H18N4O2/c1-3-15-9-7-13(5-4-11-12-10)6-8(9)14-2/h8-9H,3-7H2,1-2H3/t8-,9+/m1/s1. The van der Waals surface area contributed by atoms with Crippen LogP contribution in [0.2, 0.25) is 0 Å². The average Bonchev–Trinajstić information content (AvgIpc) is 2.62. The molecule has 1 aliphatic rings. The molecule has 0 aromatic carbocycles. The summed E-state index contributed by atoms with van der Waals surface area (Å²) < 4.78 is 10.9. The summed E-state index contributed by atoms with van der Waals surface area (Å²) >= 11 is 0. The van der Waals surface area contributed by atoms with Crippen molar-refractivity contribution in [3.8, 4) is 0 Å². The lowest BCUT2D eigenvalue weighted by Gasteiger charge is -2.16. The van der Waals surface area contributed by atoms with E-state index in [-0.39, 0.29) is 12.2 Å². The van der Waals surface area contributed by atoms with Gasteiger partial charge in [0.1, 0.15) is 0 Å². The van der Waals surface area contributed by atoms with Gasteiger partial charge in [-0.3, -0.25) is 4.90 Å². The van der Waals surface area contributed by atoms with Gasteiger partial charge in [0.15, 0.2) is 0 Å². The minimum Gasteiger partial charge on any atom is -0.377 e. The fourth-order valence-corrected chi connectivity index (χ4v) is 1.83. The number of rotatable bonds is 6. The fraction of sp³-hybridized carbons (Fsp3) is 1.00. The molecular formula is C9H18N4O2. The van der Waals surface area contributed by atoms with Crippen molar-refractivity contribution < 1.29 is 9.47 Å². The molecule has 2 atom stereocenters. The summed E-state index contributed by atoms with van der Waals surface area (Å²) in [4.78, 5) is 4.92. The van der Waals surface area contributed by atoms with Gasteiger partial charge >= 0.3 is 0 Å². The molecule has 0 aromatic rings. The SMILES string of the molecule is CCO[C@H]1CN(CCN=[N+]=[N-])C[C@H]1OC. The molecule has 0 spiro atoms. The first-order valence-corrected chi connectivity index (χ1v) is 5.19. The minimum atomic E-state index is 0.135. The molecule has 6 heteroatoms. The third kappa shape index (κ3) is 3.68. The predicted molar refractivity (Wildman–Crippen MR) is 56.7 cm³/mol. The highest BCUT2D eigenvalue weighted by atomic mass is 16.5. The predicted octanol–water partition coefficient (Wildman–Crippen LogP) is 1.03. The first-order valence-electron chi connectivity index (χ1n) is 5.19. The lowest BCUT2D eigenvalue weighted by molar-refractivity contribution is -0.0233. The van der Waals surface area contributed by atoms with Crippen molar-refractivity contribution in [2.24, 2.45) is 5.11 Å². The smallest absolute Gasteiger partial charge is 0.0975 e. The van der Waals surface area contributed by atoms with Crippen molar-refractivity contribution in [2.45, 2.75) is 19.1 Å². The number of ether oxygens (including phenoxy) is 2. The van der Waals surface area contributed by atoms with Crippen molar-refractivity contribution in [1.82, 2.24) is 4.90 Å². The van der Waals surface area contributed by atoms with E-state index < -0.39 is 0 Å². The van der Waals surface area contributed by atoms with Gasteiger partial charge in [-0.05, 0) is 12.5 Å². The molecule has 0 aliphatic carbocycles. The first-order chi connectivity index (χ1) is 7.31. The van der Waals surface area contributed by atoms with Crippen LogP contribution in [0.3, 0.4) is 0 Å². The highest BCUT2D eigenvalue weighted by Crippen LogP contribution is 2.15. The van der Waals surface area contributed by atoms with Crippen LogP contribution in [0.1, 0.15) is 6.92 Å². The fourth-order valence-electron chi connectivity index (χ4n) is 1.83. The number of hydrogen-bond donors (Lipinski definition) is 0. The van der Waals surface area contributed by atoms with Crippen molar-refractivity contribution in [3.05, 3.63) is 10.4 Å². The summed E-state index contributed by atoms with van der Waals surface area (Å²) in [5.41, 5.74) is 8.16. The van der Waals surface area contributed by atoms with Crippen molar-refractivity contribution >= 4 is 0 Å². The van der Waals surface area contributed by atoms with Crippen molar-refractivity contribution in [2.75, 3.05) is 39.9 Å². The molecule has 1 fully saturated rings. The highest BCUT2D eigenvalue weighted by Gasteiger charge is 2.32. The Balaban J connectivity index is 2.34. The summed E-state index contributed by atoms with van der Waals surface area (Å²) in [7, 11) is 1.70. The Bertz CT molecular complexity index is 230. The van der Waals surface area contributed by atoms with E-state index in [1.54, 1.807) is 7.11 Å². The topological polar surface area (TPSA) is 70.5 Å². The molecule has 1 saturated heterocycles. The Morgan fingerprint density at radius 3 is 2.80 bits per heavy atom. The highest BCUT2D eigenvalue weighted by molar-refractivity contribution is 4.86. The molecular weight excluding hydrogens is 196 g/mol. The maximum atomic E-state index is 8.16. The van der Waals surface area contributed by atoms with E-state index in [1.807, 2.05) is 6.92 Å². The molecule has 1 heterocycles. The van der Waals surface area contributed by atoms with E-state index in [0.717, 1.165) is 19.6 Å². The molecule has 0 amide bonds. The normalized spacial score (nSPS) is 26.5. The second-order valence-electron chi connectivity index (χ2n) is 3.48. The van der Waals surface area contributed by atoms with Gasteiger partial charge in [0, 0.05) is 44.8 Å². The zero-order valence-electron chi connectivity index (χ0n) is 9.30. The number of hydrogen-bond acceptors (Lipinski definition) is 4. The molecule has 0 aromatic heterocycles. The maximum Gasteiger partial charge on any atom is 0.0975 e. The van der Waals surface area contributed by atoms with Crippen LogP contribution in [0, 0.1) is 0 Å². The summed E-state index contributed by atoms with van der Waals surface area (Å²) in [6.45, 7) is 5.67. The third-order valence-electron chi connectivity index (χ3n) is 2.55. The van der Waals surface area contributed by atoms with Gasteiger partial charge in [-0.15, -0.1) is 0 Å². The molecule has 0 unspecified atom stereocenters. The van der Waals surface area contributed by atoms with Gasteiger partial charge in [0.25, 0.3) is 0 Å². The van der Waals surface area contributed by atoms with Crippen LogP contribution < -0.4 is 0 Å². The van der Waals surface area contributed by atoms with Crippen LogP contribution in [0.15, 0.2) is 5.11 Å². The van der Waals surface area contributed by atoms with Gasteiger partial charge < -0.3 is 9.47 Å². The van der Waals surface area contributed by atoms with Crippen LogP contribution in [0.25, 0.3) is 10.4 Å². The summed E-state index contributed by atoms with van der Waals surface area (Å²) in [6, 6.07) is 0. The number of azide groups is 1. The van der Waals surface area contributed by atoms with E-state index in [9.17, 15) is 0 Å². The van der Waals surface area contributed by atoms with Crippen LogP contribution in [-0.4, -0.2) is 57.0 Å². The molecule has 0 bridgehead atoms.